The Labute approximate surface area is 166 Å². The van der Waals surface area contributed by atoms with Crippen LogP contribution >= 0.6 is 11.8 Å². The maximum Gasteiger partial charge on any atom is 0.308 e. The van der Waals surface area contributed by atoms with Gasteiger partial charge in [0.15, 0.2) is 0 Å². The predicted molar refractivity (Wildman–Crippen MR) is 112 cm³/mol. The fourth-order valence-corrected chi connectivity index (χ4v) is 5.55. The van der Waals surface area contributed by atoms with E-state index in [2.05, 4.69) is 62.4 Å². The highest BCUT2D eigenvalue weighted by Crippen LogP contribution is 2.51. The molecule has 3 heteroatoms. The van der Waals surface area contributed by atoms with Crippen LogP contribution in [0.5, 0.6) is 0 Å². The van der Waals surface area contributed by atoms with E-state index in [1.54, 1.807) is 0 Å². The molecule has 0 spiro atoms. The van der Waals surface area contributed by atoms with Crippen LogP contribution in [-0.2, 0) is 9.53 Å². The number of hydrogen-bond donors (Lipinski definition) is 0. The Balaban J connectivity index is 1.52. The molecule has 0 N–H and O–H groups in total. The fraction of sp³-hybridized carbons (Fsp3) is 0.375. The van der Waals surface area contributed by atoms with Crippen LogP contribution < -0.4 is 0 Å². The van der Waals surface area contributed by atoms with Crippen LogP contribution in [0.2, 0.25) is 0 Å². The number of esters is 1. The molecule has 1 aliphatic carbocycles. The molecule has 27 heavy (non-hydrogen) atoms. The van der Waals surface area contributed by atoms with Crippen LogP contribution in [0, 0.1) is 11.8 Å². The van der Waals surface area contributed by atoms with Crippen molar-refractivity contribution in [2.24, 2.45) is 11.8 Å². The molecule has 0 bridgehead atoms. The lowest BCUT2D eigenvalue weighted by Gasteiger charge is -2.28. The molecular weight excluding hydrogens is 352 g/mol. The van der Waals surface area contributed by atoms with E-state index in [1.165, 1.54) is 39.8 Å². The zero-order valence-corrected chi connectivity index (χ0v) is 17.0. The molecule has 2 aliphatic rings. The molecule has 3 unspecified atom stereocenters. The number of methoxy groups -OCH3 is 1. The normalized spacial score (nSPS) is 23.7. The highest BCUT2D eigenvalue weighted by Gasteiger charge is 2.43. The summed E-state index contributed by atoms with van der Waals surface area (Å²) < 4.78 is 4.88. The van der Waals surface area contributed by atoms with Crippen LogP contribution in [0.15, 0.2) is 64.6 Å². The second kappa shape index (κ2) is 7.55. The molecule has 4 rings (SSSR count). The molecular formula is C24H26O2S. The predicted octanol–water partition coefficient (Wildman–Crippen LogP) is 6.43. The van der Waals surface area contributed by atoms with E-state index in [0.29, 0.717) is 11.2 Å². The van der Waals surface area contributed by atoms with Gasteiger partial charge in [0, 0.05) is 10.1 Å². The minimum atomic E-state index is -0.0428. The van der Waals surface area contributed by atoms with Gasteiger partial charge in [-0.3, -0.25) is 4.79 Å². The molecule has 2 nitrogen and oxygen atoms in total. The summed E-state index contributed by atoms with van der Waals surface area (Å²) in [4.78, 5) is 13.0. The van der Waals surface area contributed by atoms with E-state index in [-0.39, 0.29) is 11.9 Å². The maximum absolute atomic E-state index is 11.7. The number of ether oxygens (including phenoxy) is 1. The number of carbonyl (C=O) groups excluding carboxylic acids is 1. The molecule has 2 aromatic rings. The van der Waals surface area contributed by atoms with Crippen LogP contribution in [0.3, 0.4) is 0 Å². The highest BCUT2D eigenvalue weighted by molar-refractivity contribution is 7.99. The molecule has 140 valence electrons. The fourth-order valence-electron chi connectivity index (χ4n) is 4.12. The number of benzene rings is 2. The molecule has 0 saturated heterocycles. The largest absolute Gasteiger partial charge is 0.469 e. The summed E-state index contributed by atoms with van der Waals surface area (Å²) in [5.41, 5.74) is 7.05. The van der Waals surface area contributed by atoms with E-state index in [4.69, 9.17) is 4.74 Å². The summed E-state index contributed by atoms with van der Waals surface area (Å²) in [5, 5.41) is 0.446. The Kier molecular flexibility index (Phi) is 5.14. The Morgan fingerprint density at radius 1 is 1.00 bits per heavy atom. The minimum absolute atomic E-state index is 0.0428. The van der Waals surface area contributed by atoms with Crippen molar-refractivity contribution in [1.82, 2.24) is 0 Å². The van der Waals surface area contributed by atoms with Gasteiger partial charge in [0.25, 0.3) is 0 Å². The number of thioether (sulfide) groups is 1. The first kappa shape index (κ1) is 18.4. The Hall–Kier alpha value is -2.00. The lowest BCUT2D eigenvalue weighted by molar-refractivity contribution is -0.142. The quantitative estimate of drug-likeness (QED) is 0.443. The molecule has 1 fully saturated rings. The Bertz CT molecular complexity index is 899. The lowest BCUT2D eigenvalue weighted by atomic mass is 9.92. The highest BCUT2D eigenvalue weighted by atomic mass is 32.2. The van der Waals surface area contributed by atoms with Crippen LogP contribution in [-0.4, -0.2) is 13.1 Å². The number of allylic oxidation sites excluding steroid dienone is 2. The molecule has 3 atom stereocenters. The van der Waals surface area contributed by atoms with Gasteiger partial charge in [-0.2, -0.15) is 0 Å². The van der Waals surface area contributed by atoms with Crippen molar-refractivity contribution in [2.45, 2.75) is 43.3 Å². The second-order valence-electron chi connectivity index (χ2n) is 7.78. The van der Waals surface area contributed by atoms with Gasteiger partial charge in [-0.25, -0.2) is 0 Å². The van der Waals surface area contributed by atoms with E-state index < -0.39 is 0 Å². The van der Waals surface area contributed by atoms with Gasteiger partial charge in [-0.05, 0) is 61.8 Å². The third-order valence-electron chi connectivity index (χ3n) is 5.97. The number of rotatable bonds is 5. The van der Waals surface area contributed by atoms with Gasteiger partial charge in [0.1, 0.15) is 0 Å². The summed E-state index contributed by atoms with van der Waals surface area (Å²) in [6, 6.07) is 17.5. The summed E-state index contributed by atoms with van der Waals surface area (Å²) in [6.45, 7) is 4.49. The van der Waals surface area contributed by atoms with E-state index in [0.717, 1.165) is 19.3 Å². The first-order valence-electron chi connectivity index (χ1n) is 9.66. The van der Waals surface area contributed by atoms with Gasteiger partial charge in [0.2, 0.25) is 0 Å². The number of fused-ring (bicyclic) bond motifs is 3. The van der Waals surface area contributed by atoms with Crippen molar-refractivity contribution < 1.29 is 9.53 Å². The molecule has 0 radical (unpaired) electrons. The van der Waals surface area contributed by atoms with Crippen LogP contribution in [0.1, 0.15) is 43.9 Å². The molecule has 2 aromatic carbocycles. The molecule has 0 aromatic heterocycles. The number of hydrogen-bond acceptors (Lipinski definition) is 3. The Morgan fingerprint density at radius 2 is 1.67 bits per heavy atom. The third kappa shape index (κ3) is 3.70. The zero-order valence-electron chi connectivity index (χ0n) is 16.2. The first-order chi connectivity index (χ1) is 13.1. The second-order valence-corrected chi connectivity index (χ2v) is 9.03. The smallest absolute Gasteiger partial charge is 0.308 e. The summed E-state index contributed by atoms with van der Waals surface area (Å²) in [5.74, 6) is 0.549. The zero-order chi connectivity index (χ0) is 19.0. The SMILES string of the molecule is COC(=O)C1CC1C/C(C)=C(/C)CC1Sc2ccccc2-c2ccccc21. The van der Waals surface area contributed by atoms with Crippen molar-refractivity contribution in [3.63, 3.8) is 0 Å². The van der Waals surface area contributed by atoms with Gasteiger partial charge >= 0.3 is 5.97 Å². The first-order valence-corrected chi connectivity index (χ1v) is 10.5. The van der Waals surface area contributed by atoms with E-state index in [1.807, 2.05) is 11.8 Å². The van der Waals surface area contributed by atoms with Crippen molar-refractivity contribution >= 4 is 17.7 Å². The van der Waals surface area contributed by atoms with Crippen molar-refractivity contribution in [3.05, 3.63) is 65.2 Å². The van der Waals surface area contributed by atoms with Gasteiger partial charge in [0.05, 0.1) is 13.0 Å². The summed E-state index contributed by atoms with van der Waals surface area (Å²) in [6.07, 6.45) is 3.05. The average molecular weight is 379 g/mol. The standard InChI is InChI=1S/C24H26O2S/c1-15(12-17-14-21(17)24(25)26-3)16(2)13-23-20-10-5-4-8-18(20)19-9-6-7-11-22(19)27-23/h4-11,17,21,23H,12-14H2,1-3H3/b16-15-. The molecule has 1 saturated carbocycles. The number of carbonyl (C=O) groups is 1. The van der Waals surface area contributed by atoms with Crippen LogP contribution in [0.25, 0.3) is 11.1 Å². The Morgan fingerprint density at radius 3 is 2.44 bits per heavy atom. The van der Waals surface area contributed by atoms with Crippen molar-refractivity contribution in [3.8, 4) is 11.1 Å². The van der Waals surface area contributed by atoms with E-state index in [9.17, 15) is 4.79 Å². The molecule has 1 aliphatic heterocycles. The average Bonchev–Trinajstić information content (AvgIpc) is 3.46. The summed E-state index contributed by atoms with van der Waals surface area (Å²) >= 11 is 1.98. The maximum atomic E-state index is 11.7. The molecule has 1 heterocycles. The van der Waals surface area contributed by atoms with Gasteiger partial charge in [-0.15, -0.1) is 11.8 Å². The lowest BCUT2D eigenvalue weighted by Crippen LogP contribution is -2.06. The third-order valence-corrected chi connectivity index (χ3v) is 7.28. The molecule has 0 amide bonds. The van der Waals surface area contributed by atoms with Crippen LogP contribution in [0.4, 0.5) is 0 Å². The van der Waals surface area contributed by atoms with Gasteiger partial charge < -0.3 is 4.74 Å². The summed E-state index contributed by atoms with van der Waals surface area (Å²) in [7, 11) is 1.49. The monoisotopic (exact) mass is 378 g/mol. The van der Waals surface area contributed by atoms with Crippen molar-refractivity contribution in [1.29, 1.82) is 0 Å². The van der Waals surface area contributed by atoms with E-state index >= 15 is 0 Å². The topological polar surface area (TPSA) is 26.3 Å². The van der Waals surface area contributed by atoms with Gasteiger partial charge in [-0.1, -0.05) is 53.6 Å². The minimum Gasteiger partial charge on any atom is -0.469 e. The van der Waals surface area contributed by atoms with Crippen molar-refractivity contribution in [2.75, 3.05) is 7.11 Å².